The molecule has 2 aromatic carbocycles. The Morgan fingerprint density at radius 3 is 2.08 bits per heavy atom. The van der Waals surface area contributed by atoms with E-state index in [4.69, 9.17) is 25.8 Å². The van der Waals surface area contributed by atoms with Gasteiger partial charge in [-0.25, -0.2) is 0 Å². The Hall–Kier alpha value is -1.17. The summed E-state index contributed by atoms with van der Waals surface area (Å²) in [5.74, 6) is 1.71. The third kappa shape index (κ3) is 4.46. The fourth-order valence-electron chi connectivity index (χ4n) is 2.22. The molecular weight excluding hydrogens is 342 g/mol. The van der Waals surface area contributed by atoms with Crippen molar-refractivity contribution in [3.8, 4) is 17.2 Å². The van der Waals surface area contributed by atoms with Crippen molar-refractivity contribution >= 4 is 31.0 Å². The molecule has 7 heteroatoms. The number of halogens is 1. The van der Waals surface area contributed by atoms with E-state index in [0.717, 1.165) is 5.56 Å². The van der Waals surface area contributed by atoms with Crippen LogP contribution in [0.1, 0.15) is 15.9 Å². The zero-order chi connectivity index (χ0) is 17.0. The number of methoxy groups -OCH3 is 3. The Balaban J connectivity index is 0.00000288. The van der Waals surface area contributed by atoms with Gasteiger partial charge < -0.3 is 14.2 Å². The van der Waals surface area contributed by atoms with E-state index in [-0.39, 0.29) is 33.0 Å². The minimum absolute atomic E-state index is 0. The number of hydrogen-bond acceptors (Lipinski definition) is 4. The number of benzene rings is 2. The van der Waals surface area contributed by atoms with E-state index >= 15 is 0 Å². The van der Waals surface area contributed by atoms with Crippen molar-refractivity contribution < 1.29 is 37.9 Å². The van der Waals surface area contributed by atoms with Crippen LogP contribution >= 0.6 is 20.2 Å². The summed E-state index contributed by atoms with van der Waals surface area (Å²) in [6.45, 7) is 1.87. The van der Waals surface area contributed by atoms with Crippen molar-refractivity contribution in [2.75, 3.05) is 21.3 Å². The van der Waals surface area contributed by atoms with E-state index in [0.29, 0.717) is 33.1 Å². The third-order valence-corrected chi connectivity index (χ3v) is 4.94. The van der Waals surface area contributed by atoms with E-state index in [1.54, 1.807) is 39.5 Å². The molecule has 1 atom stereocenters. The maximum Gasteiger partial charge on any atom is 1.00 e. The Kier molecular flexibility index (Phi) is 8.13. The van der Waals surface area contributed by atoms with Crippen LogP contribution in [-0.2, 0) is 0 Å². The molecular formula is C17H18ClLiO4P+. The fraction of sp³-hybridized carbons (Fsp3) is 0.235. The summed E-state index contributed by atoms with van der Waals surface area (Å²) in [7, 11) is 4.49. The monoisotopic (exact) mass is 359 g/mol. The van der Waals surface area contributed by atoms with Gasteiger partial charge in [-0.3, -0.25) is 4.79 Å². The van der Waals surface area contributed by atoms with Crippen LogP contribution in [0.4, 0.5) is 0 Å². The van der Waals surface area contributed by atoms with Crippen molar-refractivity contribution in [1.29, 1.82) is 0 Å². The van der Waals surface area contributed by atoms with Gasteiger partial charge in [0.05, 0.1) is 31.7 Å². The number of ether oxygens (including phenoxy) is 3. The average molecular weight is 360 g/mol. The largest absolute Gasteiger partial charge is 1.00 e. The molecule has 2 aromatic rings. The second-order valence-electron chi connectivity index (χ2n) is 4.79. The molecule has 0 fully saturated rings. The molecule has 0 aliphatic carbocycles. The van der Waals surface area contributed by atoms with E-state index < -0.39 is 0 Å². The van der Waals surface area contributed by atoms with Gasteiger partial charge in [0.25, 0.3) is 0 Å². The maximum atomic E-state index is 12.7. The first-order valence-electron chi connectivity index (χ1n) is 6.88. The van der Waals surface area contributed by atoms with Crippen LogP contribution in [0.5, 0.6) is 17.2 Å². The normalized spacial score (nSPS) is 10.4. The van der Waals surface area contributed by atoms with Gasteiger partial charge in [0, 0.05) is 17.7 Å². The summed E-state index contributed by atoms with van der Waals surface area (Å²) in [5.41, 5.74) is 1.32. The molecule has 0 aliphatic heterocycles. The number of aryl methyl sites for hydroxylation is 1. The van der Waals surface area contributed by atoms with Crippen molar-refractivity contribution in [1.82, 2.24) is 0 Å². The Morgan fingerprint density at radius 1 is 1.04 bits per heavy atom. The van der Waals surface area contributed by atoms with E-state index in [9.17, 15) is 4.79 Å². The molecule has 0 heterocycles. The molecule has 0 aliphatic rings. The summed E-state index contributed by atoms with van der Waals surface area (Å²) < 4.78 is 16.0. The third-order valence-electron chi connectivity index (χ3n) is 3.40. The van der Waals surface area contributed by atoms with Crippen molar-refractivity contribution in [3.05, 3.63) is 46.5 Å². The van der Waals surface area contributed by atoms with E-state index in [1.165, 1.54) is 0 Å². The quantitative estimate of drug-likeness (QED) is 0.566. The van der Waals surface area contributed by atoms with Gasteiger partial charge in [-0.2, -0.15) is 0 Å². The topological polar surface area (TPSA) is 44.8 Å². The van der Waals surface area contributed by atoms with Crippen molar-refractivity contribution in [3.63, 3.8) is 0 Å². The fourth-order valence-corrected chi connectivity index (χ4v) is 3.89. The SMILES string of the molecule is COc1cc(OC)c(PC(=O)c2c(C)cccc2Cl)c(OC)c1.[Li+]. The number of rotatable bonds is 6. The smallest absolute Gasteiger partial charge is 0.496 e. The number of hydrogen-bond donors (Lipinski definition) is 0. The number of carbonyl (C=O) groups excluding carboxylic acids is 1. The summed E-state index contributed by atoms with van der Waals surface area (Å²) >= 11 is 6.19. The van der Waals surface area contributed by atoms with Gasteiger partial charge in [0.15, 0.2) is 5.52 Å². The average Bonchev–Trinajstić information content (AvgIpc) is 2.54. The molecule has 0 saturated carbocycles. The standard InChI is InChI=1S/C17H18ClO4P.Li/c1-10-6-5-7-12(18)15(10)17(19)23-16-13(21-3)8-11(20-2)9-14(16)22-4;/h5-9,23H,1-4H3;/q;+1. The van der Waals surface area contributed by atoms with Crippen LogP contribution < -0.4 is 38.4 Å². The first-order chi connectivity index (χ1) is 11.0. The van der Waals surface area contributed by atoms with Crippen molar-refractivity contribution in [2.24, 2.45) is 0 Å². The summed E-state index contributed by atoms with van der Waals surface area (Å²) in [5, 5.41) is 1.15. The molecule has 0 amide bonds. The molecule has 1 unspecified atom stereocenters. The van der Waals surface area contributed by atoms with Gasteiger partial charge in [-0.15, -0.1) is 0 Å². The van der Waals surface area contributed by atoms with Crippen LogP contribution in [0.2, 0.25) is 5.02 Å². The first-order valence-corrected chi connectivity index (χ1v) is 8.26. The van der Waals surface area contributed by atoms with E-state index in [2.05, 4.69) is 0 Å². The minimum atomic E-state index is -0.171. The van der Waals surface area contributed by atoms with E-state index in [1.807, 2.05) is 19.1 Å². The van der Waals surface area contributed by atoms with Gasteiger partial charge >= 0.3 is 18.9 Å². The molecule has 0 N–H and O–H groups in total. The number of carbonyl (C=O) groups is 1. The molecule has 0 radical (unpaired) electrons. The summed E-state index contributed by atoms with van der Waals surface area (Å²) in [4.78, 5) is 12.7. The zero-order valence-electron chi connectivity index (χ0n) is 14.4. The zero-order valence-corrected chi connectivity index (χ0v) is 16.2. The van der Waals surface area contributed by atoms with Gasteiger partial charge in [-0.1, -0.05) is 23.7 Å². The van der Waals surface area contributed by atoms with Gasteiger partial charge in [-0.05, 0) is 27.1 Å². The summed E-state index contributed by atoms with van der Waals surface area (Å²) in [6, 6.07) is 8.88. The maximum absolute atomic E-state index is 12.7. The molecule has 0 bridgehead atoms. The Labute approximate surface area is 160 Å². The van der Waals surface area contributed by atoms with Gasteiger partial charge in [0.1, 0.15) is 17.2 Å². The molecule has 0 aromatic heterocycles. The van der Waals surface area contributed by atoms with Crippen LogP contribution in [-0.4, -0.2) is 26.9 Å². The molecule has 2 rings (SSSR count). The Morgan fingerprint density at radius 2 is 1.62 bits per heavy atom. The van der Waals surface area contributed by atoms with Gasteiger partial charge in [0.2, 0.25) is 0 Å². The molecule has 0 spiro atoms. The second-order valence-corrected chi connectivity index (χ2v) is 6.40. The molecule has 4 nitrogen and oxygen atoms in total. The predicted molar refractivity (Wildman–Crippen MR) is 94.6 cm³/mol. The van der Waals surface area contributed by atoms with Crippen LogP contribution in [0, 0.1) is 6.92 Å². The Bertz CT molecular complexity index is 691. The molecule has 0 saturated heterocycles. The van der Waals surface area contributed by atoms with Crippen LogP contribution in [0.25, 0.3) is 0 Å². The van der Waals surface area contributed by atoms with Crippen LogP contribution in [0.3, 0.4) is 0 Å². The van der Waals surface area contributed by atoms with Crippen LogP contribution in [0.15, 0.2) is 30.3 Å². The second kappa shape index (κ2) is 9.35. The molecule has 122 valence electrons. The first kappa shape index (κ1) is 20.9. The van der Waals surface area contributed by atoms with Crippen molar-refractivity contribution in [2.45, 2.75) is 6.92 Å². The molecule has 24 heavy (non-hydrogen) atoms. The summed E-state index contributed by atoms with van der Waals surface area (Å²) in [6.07, 6.45) is 0. The predicted octanol–water partition coefficient (Wildman–Crippen LogP) is 0.822. The minimum Gasteiger partial charge on any atom is -0.496 e.